The molecule has 1 aromatic rings. The van der Waals surface area contributed by atoms with Gasteiger partial charge in [-0.3, -0.25) is 19.8 Å². The van der Waals surface area contributed by atoms with E-state index in [9.17, 15) is 14.9 Å². The number of benzene rings is 1. The summed E-state index contributed by atoms with van der Waals surface area (Å²) in [5, 5.41) is 10.6. The molecule has 2 aliphatic rings. The molecule has 21 heavy (non-hydrogen) atoms. The van der Waals surface area contributed by atoms with Crippen LogP contribution in [0.4, 0.5) is 5.69 Å². The summed E-state index contributed by atoms with van der Waals surface area (Å²) in [4.78, 5) is 28.7. The Morgan fingerprint density at radius 3 is 2.67 bits per heavy atom. The zero-order valence-corrected chi connectivity index (χ0v) is 11.5. The summed E-state index contributed by atoms with van der Waals surface area (Å²) in [6, 6.07) is 6.11. The minimum atomic E-state index is -0.443. The first-order valence-electron chi connectivity index (χ1n) is 7.01. The van der Waals surface area contributed by atoms with E-state index < -0.39 is 4.92 Å². The number of nitrogens with zero attached hydrogens (tertiary/aromatic N) is 3. The molecule has 0 aromatic heterocycles. The normalized spacial score (nSPS) is 20.2. The molecule has 108 valence electrons. The van der Waals surface area contributed by atoms with E-state index in [0.717, 1.165) is 43.6 Å². The third kappa shape index (κ3) is 2.69. The van der Waals surface area contributed by atoms with Gasteiger partial charge in [0.1, 0.15) is 11.5 Å². The van der Waals surface area contributed by atoms with Gasteiger partial charge < -0.3 is 0 Å². The van der Waals surface area contributed by atoms with E-state index in [1.165, 1.54) is 12.1 Å². The second kappa shape index (κ2) is 5.47. The molecule has 3 rings (SSSR count). The van der Waals surface area contributed by atoms with Crippen molar-refractivity contribution >= 4 is 23.5 Å². The first-order valence-corrected chi connectivity index (χ1v) is 7.01. The lowest BCUT2D eigenvalue weighted by atomic mass is 10.1. The van der Waals surface area contributed by atoms with E-state index in [-0.39, 0.29) is 11.6 Å². The first-order chi connectivity index (χ1) is 10.1. The summed E-state index contributed by atoms with van der Waals surface area (Å²) in [6.45, 7) is 0.731. The van der Waals surface area contributed by atoms with Gasteiger partial charge in [-0.1, -0.05) is 6.42 Å². The average molecular weight is 285 g/mol. The maximum absolute atomic E-state index is 12.3. The second-order valence-electron chi connectivity index (χ2n) is 5.17. The van der Waals surface area contributed by atoms with Crippen LogP contribution in [-0.4, -0.2) is 28.1 Å². The molecule has 0 atom stereocenters. The van der Waals surface area contributed by atoms with Crippen LogP contribution in [0.1, 0.15) is 31.2 Å². The monoisotopic (exact) mass is 285 g/mol. The largest absolute Gasteiger partial charge is 0.295 e. The van der Waals surface area contributed by atoms with Gasteiger partial charge in [-0.25, -0.2) is 4.99 Å². The molecule has 6 nitrogen and oxygen atoms in total. The topological polar surface area (TPSA) is 75.8 Å². The number of carbonyl (C=O) groups is 1. The number of amidine groups is 1. The molecule has 0 aliphatic carbocycles. The standard InChI is InChI=1S/C15H15N3O3/c19-15-13(16-14-4-2-1-3-9-17(14)15)10-11-5-7-12(8-6-11)18(20)21/h5-8,10H,1-4,9H2/b13-10+. The van der Waals surface area contributed by atoms with Crippen LogP contribution in [0.3, 0.4) is 0 Å². The summed E-state index contributed by atoms with van der Waals surface area (Å²) in [5.74, 6) is 0.788. The molecule has 6 heteroatoms. The number of rotatable bonds is 2. The molecule has 2 heterocycles. The molecular formula is C15H15N3O3. The van der Waals surface area contributed by atoms with Gasteiger partial charge in [0.15, 0.2) is 0 Å². The van der Waals surface area contributed by atoms with Crippen LogP contribution in [0.25, 0.3) is 6.08 Å². The zero-order chi connectivity index (χ0) is 14.8. The number of hydrogen-bond acceptors (Lipinski definition) is 4. The fourth-order valence-corrected chi connectivity index (χ4v) is 2.60. The van der Waals surface area contributed by atoms with E-state index in [4.69, 9.17) is 0 Å². The number of nitro groups is 1. The van der Waals surface area contributed by atoms with Crippen molar-refractivity contribution in [1.29, 1.82) is 0 Å². The van der Waals surface area contributed by atoms with Crippen molar-refractivity contribution < 1.29 is 9.72 Å². The number of aliphatic imine (C=N–C) groups is 1. The van der Waals surface area contributed by atoms with Crippen LogP contribution in [0, 0.1) is 10.1 Å². The number of nitro benzene ring substituents is 1. The highest BCUT2D eigenvalue weighted by Crippen LogP contribution is 2.24. The minimum absolute atomic E-state index is 0.0371. The molecule has 2 aliphatic heterocycles. The van der Waals surface area contributed by atoms with Crippen LogP contribution in [0.15, 0.2) is 35.0 Å². The van der Waals surface area contributed by atoms with E-state index in [1.54, 1.807) is 23.1 Å². The summed E-state index contributed by atoms with van der Waals surface area (Å²) >= 11 is 0. The van der Waals surface area contributed by atoms with Gasteiger partial charge in [-0.05, 0) is 36.6 Å². The highest BCUT2D eigenvalue weighted by atomic mass is 16.6. The van der Waals surface area contributed by atoms with Crippen molar-refractivity contribution in [3.05, 3.63) is 45.6 Å². The predicted molar refractivity (Wildman–Crippen MR) is 78.7 cm³/mol. The van der Waals surface area contributed by atoms with Gasteiger partial charge in [0.05, 0.1) is 4.92 Å². The lowest BCUT2D eigenvalue weighted by molar-refractivity contribution is -0.384. The number of carbonyl (C=O) groups excluding carboxylic acids is 1. The molecule has 1 aromatic carbocycles. The van der Waals surface area contributed by atoms with Gasteiger partial charge in [0.25, 0.3) is 11.6 Å². The van der Waals surface area contributed by atoms with Crippen molar-refractivity contribution in [3.63, 3.8) is 0 Å². The minimum Gasteiger partial charge on any atom is -0.295 e. The summed E-state index contributed by atoms with van der Waals surface area (Å²) in [7, 11) is 0. The molecule has 0 radical (unpaired) electrons. The molecule has 1 fully saturated rings. The molecule has 0 N–H and O–H groups in total. The summed E-state index contributed by atoms with van der Waals surface area (Å²) < 4.78 is 0. The second-order valence-corrected chi connectivity index (χ2v) is 5.17. The van der Waals surface area contributed by atoms with E-state index in [0.29, 0.717) is 5.70 Å². The zero-order valence-electron chi connectivity index (χ0n) is 11.5. The van der Waals surface area contributed by atoms with Gasteiger partial charge in [0.2, 0.25) is 0 Å². The third-order valence-electron chi connectivity index (χ3n) is 3.71. The number of amides is 1. The Hall–Kier alpha value is -2.50. The van der Waals surface area contributed by atoms with Crippen LogP contribution in [0.2, 0.25) is 0 Å². The highest BCUT2D eigenvalue weighted by Gasteiger charge is 2.30. The molecule has 0 unspecified atom stereocenters. The molecule has 0 spiro atoms. The van der Waals surface area contributed by atoms with Crippen molar-refractivity contribution in [1.82, 2.24) is 4.90 Å². The van der Waals surface area contributed by atoms with Crippen LogP contribution >= 0.6 is 0 Å². The highest BCUT2D eigenvalue weighted by molar-refractivity contribution is 6.14. The molecule has 0 bridgehead atoms. The maximum Gasteiger partial charge on any atom is 0.277 e. The third-order valence-corrected chi connectivity index (χ3v) is 3.71. The Kier molecular flexibility index (Phi) is 3.51. The molecular weight excluding hydrogens is 270 g/mol. The number of non-ortho nitro benzene ring substituents is 1. The van der Waals surface area contributed by atoms with Gasteiger partial charge in [0, 0.05) is 25.1 Å². The van der Waals surface area contributed by atoms with Crippen molar-refractivity contribution in [3.8, 4) is 0 Å². The fourth-order valence-electron chi connectivity index (χ4n) is 2.60. The molecule has 1 amide bonds. The van der Waals surface area contributed by atoms with Gasteiger partial charge >= 0.3 is 0 Å². The number of fused-ring (bicyclic) bond motifs is 1. The van der Waals surface area contributed by atoms with Crippen molar-refractivity contribution in [2.75, 3.05) is 6.54 Å². The van der Waals surface area contributed by atoms with E-state index >= 15 is 0 Å². The smallest absolute Gasteiger partial charge is 0.277 e. The van der Waals surface area contributed by atoms with E-state index in [2.05, 4.69) is 4.99 Å². The first kappa shape index (κ1) is 13.5. The predicted octanol–water partition coefficient (Wildman–Crippen LogP) is 2.75. The Balaban J connectivity index is 1.86. The Bertz CT molecular complexity index is 647. The van der Waals surface area contributed by atoms with Gasteiger partial charge in [-0.2, -0.15) is 0 Å². The van der Waals surface area contributed by atoms with Crippen LogP contribution < -0.4 is 0 Å². The Labute approximate surface area is 121 Å². The van der Waals surface area contributed by atoms with Crippen LogP contribution in [-0.2, 0) is 4.79 Å². The Morgan fingerprint density at radius 1 is 1.19 bits per heavy atom. The molecule has 0 saturated carbocycles. The summed E-state index contributed by atoms with van der Waals surface area (Å²) in [5.41, 5.74) is 1.20. The lowest BCUT2D eigenvalue weighted by Crippen LogP contribution is -2.31. The van der Waals surface area contributed by atoms with Crippen molar-refractivity contribution in [2.24, 2.45) is 4.99 Å². The molecule has 1 saturated heterocycles. The van der Waals surface area contributed by atoms with Crippen molar-refractivity contribution in [2.45, 2.75) is 25.7 Å². The van der Waals surface area contributed by atoms with E-state index in [1.807, 2.05) is 0 Å². The number of hydrogen-bond donors (Lipinski definition) is 0. The Morgan fingerprint density at radius 2 is 1.95 bits per heavy atom. The quantitative estimate of drug-likeness (QED) is 0.476. The average Bonchev–Trinajstić information content (AvgIpc) is 2.66. The lowest BCUT2D eigenvalue weighted by Gasteiger charge is -2.13. The maximum atomic E-state index is 12.3. The SMILES string of the molecule is O=C1/C(=C\c2ccc([N+](=O)[O-])cc2)N=C2CCCCCN12. The van der Waals surface area contributed by atoms with Gasteiger partial charge in [-0.15, -0.1) is 0 Å². The summed E-state index contributed by atoms with van der Waals surface area (Å²) in [6.07, 6.45) is 5.73. The fraction of sp³-hybridized carbons (Fsp3) is 0.333. The van der Waals surface area contributed by atoms with Crippen LogP contribution in [0.5, 0.6) is 0 Å².